The molecule has 8 nitrogen and oxygen atoms in total. The van der Waals surface area contributed by atoms with Crippen LogP contribution in [0.25, 0.3) is 5.69 Å². The number of aromatic nitrogens is 1. The molecule has 1 N–H and O–H groups in total. The van der Waals surface area contributed by atoms with Crippen LogP contribution >= 0.6 is 0 Å². The van der Waals surface area contributed by atoms with E-state index in [0.717, 1.165) is 38.1 Å². The van der Waals surface area contributed by atoms with E-state index in [1.165, 1.54) is 12.1 Å². The second kappa shape index (κ2) is 12.2. The summed E-state index contributed by atoms with van der Waals surface area (Å²) in [4.78, 5) is 13.1. The number of ether oxygens (including phenoxy) is 1. The topological polar surface area (TPSA) is 93.0 Å². The minimum absolute atomic E-state index is 0.0662. The molecule has 0 aliphatic heterocycles. The molecule has 0 spiro atoms. The van der Waals surface area contributed by atoms with E-state index in [1.807, 2.05) is 32.9 Å². The third-order valence-corrected chi connectivity index (χ3v) is 8.35. The normalized spacial score (nSPS) is 11.5. The predicted molar refractivity (Wildman–Crippen MR) is 159 cm³/mol. The van der Waals surface area contributed by atoms with Crippen LogP contribution in [0.15, 0.2) is 88.9 Å². The second-order valence-electron chi connectivity index (χ2n) is 9.42. The first-order valence-corrected chi connectivity index (χ1v) is 14.5. The number of para-hydroxylation sites is 3. The van der Waals surface area contributed by atoms with Gasteiger partial charge in [0.25, 0.3) is 15.9 Å². The van der Waals surface area contributed by atoms with Gasteiger partial charge in [-0.2, -0.15) is 5.10 Å². The third-order valence-electron chi connectivity index (χ3n) is 6.58. The first-order valence-electron chi connectivity index (χ1n) is 13.0. The molecule has 1 heterocycles. The number of hydrazone groups is 1. The highest BCUT2D eigenvalue weighted by Crippen LogP contribution is 2.32. The molecule has 1 aromatic heterocycles. The second-order valence-corrected chi connectivity index (χ2v) is 11.3. The monoisotopic (exact) mass is 558 g/mol. The van der Waals surface area contributed by atoms with Crippen LogP contribution in [0.3, 0.4) is 0 Å². The number of rotatable bonds is 10. The van der Waals surface area contributed by atoms with Crippen LogP contribution < -0.4 is 14.5 Å². The fourth-order valence-electron chi connectivity index (χ4n) is 4.72. The lowest BCUT2D eigenvalue weighted by Crippen LogP contribution is -2.39. The Hall–Kier alpha value is -4.37. The van der Waals surface area contributed by atoms with E-state index in [-0.39, 0.29) is 10.6 Å². The summed E-state index contributed by atoms with van der Waals surface area (Å²) in [5.41, 5.74) is 9.06. The average Bonchev–Trinajstić information content (AvgIpc) is 3.21. The first kappa shape index (κ1) is 28.6. The first-order chi connectivity index (χ1) is 19.1. The van der Waals surface area contributed by atoms with Gasteiger partial charge in [-0.15, -0.1) is 0 Å². The Kier molecular flexibility index (Phi) is 8.74. The van der Waals surface area contributed by atoms with E-state index in [2.05, 4.69) is 41.1 Å². The van der Waals surface area contributed by atoms with Gasteiger partial charge in [-0.25, -0.2) is 13.8 Å². The van der Waals surface area contributed by atoms with Gasteiger partial charge in [-0.3, -0.25) is 9.10 Å². The van der Waals surface area contributed by atoms with Gasteiger partial charge in [0.2, 0.25) is 0 Å². The summed E-state index contributed by atoms with van der Waals surface area (Å²) in [7, 11) is -4.08. The van der Waals surface area contributed by atoms with Crippen molar-refractivity contribution in [2.75, 3.05) is 17.5 Å². The number of nitrogens with zero attached hydrogens (tertiary/aromatic N) is 3. The van der Waals surface area contributed by atoms with Crippen LogP contribution in [-0.4, -0.2) is 38.3 Å². The molecule has 0 aliphatic carbocycles. The fraction of sp³-hybridized carbons (Fsp3) is 0.226. The van der Waals surface area contributed by atoms with E-state index in [1.54, 1.807) is 48.7 Å². The summed E-state index contributed by atoms with van der Waals surface area (Å²) in [6.45, 7) is 9.85. The molecule has 40 heavy (non-hydrogen) atoms. The Bertz CT molecular complexity index is 1620. The molecule has 0 unspecified atom stereocenters. The van der Waals surface area contributed by atoms with E-state index < -0.39 is 22.5 Å². The molecule has 0 saturated carbocycles. The lowest BCUT2D eigenvalue weighted by Gasteiger charge is -2.25. The van der Waals surface area contributed by atoms with Crippen molar-refractivity contribution in [3.05, 3.63) is 107 Å². The summed E-state index contributed by atoms with van der Waals surface area (Å²) in [5.74, 6) is -0.231. The molecule has 4 rings (SSSR count). The molecule has 4 aromatic rings. The van der Waals surface area contributed by atoms with Crippen molar-refractivity contribution in [3.8, 4) is 11.4 Å². The van der Waals surface area contributed by atoms with Gasteiger partial charge in [-0.05, 0) is 76.1 Å². The Morgan fingerprint density at radius 1 is 0.950 bits per heavy atom. The van der Waals surface area contributed by atoms with Gasteiger partial charge in [0.05, 0.1) is 29.1 Å². The van der Waals surface area contributed by atoms with Crippen molar-refractivity contribution < 1.29 is 17.9 Å². The summed E-state index contributed by atoms with van der Waals surface area (Å²) >= 11 is 0. The van der Waals surface area contributed by atoms with E-state index in [4.69, 9.17) is 4.74 Å². The molecule has 0 saturated heterocycles. The molecule has 0 fully saturated rings. The summed E-state index contributed by atoms with van der Waals surface area (Å²) < 4.78 is 36.2. The predicted octanol–water partition coefficient (Wildman–Crippen LogP) is 5.46. The van der Waals surface area contributed by atoms with Gasteiger partial charge in [-0.1, -0.05) is 48.5 Å². The molecule has 1 amide bonds. The van der Waals surface area contributed by atoms with Crippen LogP contribution in [0.2, 0.25) is 0 Å². The number of carbonyl (C=O) groups excluding carboxylic acids is 1. The number of nitrogens with one attached hydrogen (secondary N) is 1. The zero-order chi connectivity index (χ0) is 28.9. The quantitative estimate of drug-likeness (QED) is 0.207. The molecular formula is C31H34N4O4S. The Morgan fingerprint density at radius 2 is 1.60 bits per heavy atom. The zero-order valence-electron chi connectivity index (χ0n) is 23.4. The molecule has 3 aromatic carbocycles. The summed E-state index contributed by atoms with van der Waals surface area (Å²) in [5, 5.41) is 4.17. The minimum Gasteiger partial charge on any atom is -0.492 e. The van der Waals surface area contributed by atoms with Crippen molar-refractivity contribution in [2.24, 2.45) is 5.10 Å². The van der Waals surface area contributed by atoms with Crippen LogP contribution in [0.4, 0.5) is 5.69 Å². The van der Waals surface area contributed by atoms with Crippen molar-refractivity contribution >= 4 is 27.8 Å². The lowest BCUT2D eigenvalue weighted by atomic mass is 10.1. The van der Waals surface area contributed by atoms with Gasteiger partial charge in [0, 0.05) is 17.0 Å². The van der Waals surface area contributed by atoms with Gasteiger partial charge < -0.3 is 9.30 Å². The minimum atomic E-state index is -4.08. The maximum Gasteiger partial charge on any atom is 0.264 e. The molecule has 208 valence electrons. The Labute approximate surface area is 236 Å². The Balaban J connectivity index is 1.60. The standard InChI is InChI=1S/C31H34N4O4S/c1-6-39-29-18-11-10-17-28(29)34(40(37,38)27-15-8-7-9-16-27)21-30(36)33-32-20-26-19-24(4)35(25(26)5)31-22(2)13-12-14-23(31)3/h7-20H,6,21H2,1-5H3,(H,33,36)/b32-20-. The highest BCUT2D eigenvalue weighted by atomic mass is 32.2. The number of carbonyl (C=O) groups is 1. The molecule has 0 aliphatic rings. The number of sulfonamides is 1. The molecular weight excluding hydrogens is 524 g/mol. The molecule has 9 heteroatoms. The van der Waals surface area contributed by atoms with Crippen molar-refractivity contribution in [2.45, 2.75) is 39.5 Å². The van der Waals surface area contributed by atoms with E-state index >= 15 is 0 Å². The molecule has 0 bridgehead atoms. The highest BCUT2D eigenvalue weighted by molar-refractivity contribution is 7.92. The van der Waals surface area contributed by atoms with E-state index in [9.17, 15) is 13.2 Å². The number of hydrogen-bond donors (Lipinski definition) is 1. The Morgan fingerprint density at radius 3 is 2.27 bits per heavy atom. The number of benzene rings is 3. The molecule has 0 radical (unpaired) electrons. The largest absolute Gasteiger partial charge is 0.492 e. The maximum absolute atomic E-state index is 13.6. The van der Waals surface area contributed by atoms with Gasteiger partial charge >= 0.3 is 0 Å². The van der Waals surface area contributed by atoms with Gasteiger partial charge in [0.1, 0.15) is 12.3 Å². The van der Waals surface area contributed by atoms with Crippen molar-refractivity contribution in [1.29, 1.82) is 0 Å². The fourth-order valence-corrected chi connectivity index (χ4v) is 6.17. The van der Waals surface area contributed by atoms with Gasteiger partial charge in [0.15, 0.2) is 0 Å². The number of amides is 1. The van der Waals surface area contributed by atoms with Crippen LogP contribution in [-0.2, 0) is 14.8 Å². The van der Waals surface area contributed by atoms with E-state index in [0.29, 0.717) is 12.4 Å². The van der Waals surface area contributed by atoms with Crippen molar-refractivity contribution in [1.82, 2.24) is 9.99 Å². The summed E-state index contributed by atoms with van der Waals surface area (Å²) in [6.07, 6.45) is 1.58. The lowest BCUT2D eigenvalue weighted by molar-refractivity contribution is -0.119. The summed E-state index contributed by atoms with van der Waals surface area (Å²) in [6, 6.07) is 22.9. The maximum atomic E-state index is 13.6. The molecule has 0 atom stereocenters. The highest BCUT2D eigenvalue weighted by Gasteiger charge is 2.29. The van der Waals surface area contributed by atoms with Crippen LogP contribution in [0.1, 0.15) is 35.0 Å². The zero-order valence-corrected chi connectivity index (χ0v) is 24.2. The number of aryl methyl sites for hydroxylation is 3. The van der Waals surface area contributed by atoms with Crippen molar-refractivity contribution in [3.63, 3.8) is 0 Å². The number of hydrogen-bond acceptors (Lipinski definition) is 5. The van der Waals surface area contributed by atoms with Crippen LogP contribution in [0, 0.1) is 27.7 Å². The third kappa shape index (κ3) is 5.94. The number of anilines is 1. The SMILES string of the molecule is CCOc1ccccc1N(CC(=O)N/N=C\c1cc(C)n(-c2c(C)cccc2C)c1C)S(=O)(=O)c1ccccc1. The van der Waals surface area contributed by atoms with Crippen LogP contribution in [0.5, 0.6) is 5.75 Å². The smallest absolute Gasteiger partial charge is 0.264 e. The average molecular weight is 559 g/mol.